The molecular formula is C21H26ClNO2Y. The van der Waals surface area contributed by atoms with Gasteiger partial charge in [-0.15, -0.1) is 0 Å². The van der Waals surface area contributed by atoms with Crippen molar-refractivity contribution in [2.75, 3.05) is 13.7 Å². The molecule has 0 saturated heterocycles. The van der Waals surface area contributed by atoms with Gasteiger partial charge >= 0.3 is 0 Å². The van der Waals surface area contributed by atoms with Crippen molar-refractivity contribution in [1.29, 1.82) is 0 Å². The van der Waals surface area contributed by atoms with Gasteiger partial charge in [0, 0.05) is 50.9 Å². The largest absolute Gasteiger partial charge is 0.516 e. The number of rotatable bonds is 5. The molecule has 0 aliphatic heterocycles. The number of hydrogen-bond acceptors (Lipinski definition) is 3. The Labute approximate surface area is 186 Å². The van der Waals surface area contributed by atoms with Crippen molar-refractivity contribution in [2.24, 2.45) is 0 Å². The van der Waals surface area contributed by atoms with Crippen LogP contribution in [0.15, 0.2) is 42.7 Å². The standard InChI is InChI=1S/C20H22ClNO.CH4O.Y/c1-14-10-16(13-18(21)11-14)6-8-22-20-5-3-17-12-15(7-9-23)2-4-19(17)20;1-2;/h2,4,7,9-13,20,22-23H,3,5-6,8H2,1H3;2H,1H3;/b9-7+;;. The molecule has 1 aliphatic carbocycles. The van der Waals surface area contributed by atoms with E-state index in [0.29, 0.717) is 6.04 Å². The number of fused-ring (bicyclic) bond motifs is 1. The van der Waals surface area contributed by atoms with E-state index in [0.717, 1.165) is 49.8 Å². The Morgan fingerprint density at radius 3 is 2.65 bits per heavy atom. The third-order valence-corrected chi connectivity index (χ3v) is 4.64. The van der Waals surface area contributed by atoms with E-state index in [4.69, 9.17) is 21.8 Å². The van der Waals surface area contributed by atoms with Gasteiger partial charge in [-0.1, -0.05) is 35.9 Å². The first kappa shape index (κ1) is 23.3. The number of benzene rings is 2. The van der Waals surface area contributed by atoms with Crippen molar-refractivity contribution >= 4 is 17.7 Å². The first-order valence-electron chi connectivity index (χ1n) is 8.53. The van der Waals surface area contributed by atoms with Crippen LogP contribution in [0.2, 0.25) is 5.02 Å². The maximum atomic E-state index is 8.88. The average molecular weight is 449 g/mol. The normalized spacial score (nSPS) is 15.2. The molecule has 1 radical (unpaired) electrons. The number of nitrogens with one attached hydrogen (secondary N) is 1. The van der Waals surface area contributed by atoms with Gasteiger partial charge in [0.05, 0.1) is 6.26 Å². The first-order valence-corrected chi connectivity index (χ1v) is 8.91. The van der Waals surface area contributed by atoms with E-state index in [-0.39, 0.29) is 32.7 Å². The Morgan fingerprint density at radius 1 is 1.19 bits per heavy atom. The number of aliphatic hydroxyl groups is 2. The number of aryl methyl sites for hydroxylation is 2. The molecule has 3 N–H and O–H groups in total. The molecule has 1 aliphatic rings. The van der Waals surface area contributed by atoms with Gasteiger partial charge in [-0.25, -0.2) is 0 Å². The second-order valence-corrected chi connectivity index (χ2v) is 6.64. The molecule has 0 amide bonds. The van der Waals surface area contributed by atoms with Crippen molar-refractivity contribution in [1.82, 2.24) is 5.32 Å². The summed E-state index contributed by atoms with van der Waals surface area (Å²) in [5, 5.41) is 20.4. The predicted octanol–water partition coefficient (Wildman–Crippen LogP) is 4.60. The van der Waals surface area contributed by atoms with Crippen molar-refractivity contribution in [3.8, 4) is 0 Å². The Kier molecular flexibility index (Phi) is 10.7. The fraction of sp³-hybridized carbons (Fsp3) is 0.333. The Hall–Kier alpha value is -0.706. The predicted molar refractivity (Wildman–Crippen MR) is 105 cm³/mol. The third kappa shape index (κ3) is 6.47. The van der Waals surface area contributed by atoms with Gasteiger partial charge in [0.25, 0.3) is 0 Å². The smallest absolute Gasteiger partial charge is 0.0797 e. The molecule has 2 aromatic carbocycles. The molecule has 2 aromatic rings. The van der Waals surface area contributed by atoms with Crippen LogP contribution in [-0.4, -0.2) is 23.9 Å². The summed E-state index contributed by atoms with van der Waals surface area (Å²) in [5.41, 5.74) is 6.33. The van der Waals surface area contributed by atoms with Gasteiger partial charge < -0.3 is 15.5 Å². The maximum Gasteiger partial charge on any atom is 0.0797 e. The van der Waals surface area contributed by atoms with Crippen LogP contribution in [0.25, 0.3) is 6.08 Å². The van der Waals surface area contributed by atoms with Crippen LogP contribution >= 0.6 is 11.6 Å². The molecular weight excluding hydrogens is 423 g/mol. The molecule has 0 saturated carbocycles. The van der Waals surface area contributed by atoms with E-state index in [1.807, 2.05) is 12.1 Å². The van der Waals surface area contributed by atoms with Crippen LogP contribution in [-0.2, 0) is 45.6 Å². The molecule has 0 spiro atoms. The number of halogens is 1. The van der Waals surface area contributed by atoms with Gasteiger partial charge in [-0.3, -0.25) is 0 Å². The minimum Gasteiger partial charge on any atom is -0.516 e. The molecule has 0 heterocycles. The number of aliphatic hydroxyl groups excluding tert-OH is 2. The molecule has 0 fully saturated rings. The van der Waals surface area contributed by atoms with Gasteiger partial charge in [-0.05, 0) is 78.8 Å². The first-order chi connectivity index (χ1) is 12.2. The summed E-state index contributed by atoms with van der Waals surface area (Å²) in [4.78, 5) is 0. The molecule has 0 bridgehead atoms. The molecule has 26 heavy (non-hydrogen) atoms. The van der Waals surface area contributed by atoms with E-state index >= 15 is 0 Å². The van der Waals surface area contributed by atoms with Crippen LogP contribution in [0.1, 0.15) is 40.3 Å². The van der Waals surface area contributed by atoms with E-state index in [1.165, 1.54) is 22.3 Å². The zero-order valence-corrected chi connectivity index (χ0v) is 19.0. The monoisotopic (exact) mass is 448 g/mol. The van der Waals surface area contributed by atoms with E-state index in [9.17, 15) is 0 Å². The van der Waals surface area contributed by atoms with E-state index in [1.54, 1.807) is 6.08 Å². The van der Waals surface area contributed by atoms with Crippen LogP contribution in [0, 0.1) is 6.92 Å². The molecule has 0 aromatic heterocycles. The molecule has 1 atom stereocenters. The van der Waals surface area contributed by atoms with Gasteiger partial charge in [0.2, 0.25) is 0 Å². The molecule has 137 valence electrons. The van der Waals surface area contributed by atoms with Crippen LogP contribution < -0.4 is 5.32 Å². The Balaban J connectivity index is 0.00000109. The Morgan fingerprint density at radius 2 is 1.96 bits per heavy atom. The summed E-state index contributed by atoms with van der Waals surface area (Å²) in [7, 11) is 1.00. The van der Waals surface area contributed by atoms with Crippen LogP contribution in [0.4, 0.5) is 0 Å². The zero-order chi connectivity index (χ0) is 18.2. The second kappa shape index (κ2) is 11.9. The van der Waals surface area contributed by atoms with Crippen molar-refractivity contribution in [3.63, 3.8) is 0 Å². The van der Waals surface area contributed by atoms with Crippen LogP contribution in [0.5, 0.6) is 0 Å². The fourth-order valence-electron chi connectivity index (χ4n) is 3.39. The summed E-state index contributed by atoms with van der Waals surface area (Å²) < 4.78 is 0. The zero-order valence-electron chi connectivity index (χ0n) is 15.4. The molecule has 1 unspecified atom stereocenters. The van der Waals surface area contributed by atoms with Gasteiger partial charge in [0.1, 0.15) is 0 Å². The fourth-order valence-corrected chi connectivity index (χ4v) is 3.70. The average Bonchev–Trinajstić information content (AvgIpc) is 2.99. The van der Waals surface area contributed by atoms with E-state index in [2.05, 4.69) is 36.5 Å². The van der Waals surface area contributed by atoms with Gasteiger partial charge in [-0.2, -0.15) is 0 Å². The molecule has 3 nitrogen and oxygen atoms in total. The minimum absolute atomic E-state index is 0. The quantitative estimate of drug-likeness (QED) is 0.586. The number of hydrogen-bond donors (Lipinski definition) is 3. The van der Waals surface area contributed by atoms with Crippen LogP contribution in [0.3, 0.4) is 0 Å². The van der Waals surface area contributed by atoms with Crippen molar-refractivity contribution in [2.45, 2.75) is 32.2 Å². The second-order valence-electron chi connectivity index (χ2n) is 6.21. The summed E-state index contributed by atoms with van der Waals surface area (Å²) >= 11 is 6.12. The van der Waals surface area contributed by atoms with Crippen molar-refractivity contribution < 1.29 is 42.9 Å². The molecule has 3 rings (SSSR count). The SMILES string of the molecule is CO.Cc1cc(Cl)cc(CCNC2CCc3cc(/C=C/O)ccc32)c1.[Y]. The van der Waals surface area contributed by atoms with E-state index < -0.39 is 0 Å². The molecule has 5 heteroatoms. The topological polar surface area (TPSA) is 52.5 Å². The summed E-state index contributed by atoms with van der Waals surface area (Å²) in [6, 6.07) is 13.1. The Bertz CT molecular complexity index is 714. The third-order valence-electron chi connectivity index (χ3n) is 4.42. The summed E-state index contributed by atoms with van der Waals surface area (Å²) in [6.45, 7) is 3.02. The van der Waals surface area contributed by atoms with Crippen molar-refractivity contribution in [3.05, 3.63) is 75.5 Å². The minimum atomic E-state index is 0. The maximum absolute atomic E-state index is 8.88. The summed E-state index contributed by atoms with van der Waals surface area (Å²) in [5.74, 6) is 0. The van der Waals surface area contributed by atoms with Gasteiger partial charge in [0.15, 0.2) is 0 Å². The summed E-state index contributed by atoms with van der Waals surface area (Å²) in [6.07, 6.45) is 6.03.